The summed E-state index contributed by atoms with van der Waals surface area (Å²) in [4.78, 5) is 2.76. The van der Waals surface area contributed by atoms with E-state index in [0.717, 1.165) is 18.5 Å². The summed E-state index contributed by atoms with van der Waals surface area (Å²) in [5.74, 6) is 0.997. The molecule has 1 aromatic rings. The highest BCUT2D eigenvalue weighted by molar-refractivity contribution is 14.1. The van der Waals surface area contributed by atoms with Crippen LogP contribution in [0.25, 0.3) is 0 Å². The van der Waals surface area contributed by atoms with Gasteiger partial charge in [-0.2, -0.15) is 0 Å². The van der Waals surface area contributed by atoms with Gasteiger partial charge in [0.05, 0.1) is 0 Å². The van der Waals surface area contributed by atoms with Crippen LogP contribution in [0.3, 0.4) is 0 Å². The van der Waals surface area contributed by atoms with Crippen LogP contribution in [-0.2, 0) is 6.54 Å². The second-order valence-corrected chi connectivity index (χ2v) is 7.10. The van der Waals surface area contributed by atoms with E-state index in [4.69, 9.17) is 0 Å². The molecular formula is C16H22IN. The Labute approximate surface area is 124 Å². The predicted octanol–water partition coefficient (Wildman–Crippen LogP) is 4.45. The van der Waals surface area contributed by atoms with Crippen LogP contribution in [0.4, 0.5) is 0 Å². The summed E-state index contributed by atoms with van der Waals surface area (Å²) in [5.41, 5.74) is 1.49. The lowest BCUT2D eigenvalue weighted by atomic mass is 9.78. The molecule has 0 unspecified atom stereocenters. The number of likely N-dealkylation sites (tertiary alicyclic amines) is 1. The Morgan fingerprint density at radius 1 is 1.00 bits per heavy atom. The van der Waals surface area contributed by atoms with Gasteiger partial charge in [0.2, 0.25) is 0 Å². The van der Waals surface area contributed by atoms with Gasteiger partial charge in [0, 0.05) is 16.2 Å². The first-order valence-electron chi connectivity index (χ1n) is 7.31. The van der Waals surface area contributed by atoms with Crippen molar-refractivity contribution in [3.8, 4) is 0 Å². The molecule has 0 N–H and O–H groups in total. The highest BCUT2D eigenvalue weighted by Gasteiger charge is 2.32. The second-order valence-electron chi connectivity index (χ2n) is 5.85. The van der Waals surface area contributed by atoms with Crippen LogP contribution in [0.2, 0.25) is 0 Å². The molecule has 1 heterocycles. The van der Waals surface area contributed by atoms with Gasteiger partial charge in [-0.3, -0.25) is 4.90 Å². The average Bonchev–Trinajstić information content (AvgIpc) is 2.42. The molecule has 0 bridgehead atoms. The zero-order valence-electron chi connectivity index (χ0n) is 10.9. The van der Waals surface area contributed by atoms with Crippen molar-refractivity contribution in [1.82, 2.24) is 4.90 Å². The number of halogens is 1. The number of hydrogen-bond acceptors (Lipinski definition) is 1. The van der Waals surface area contributed by atoms with Crippen molar-refractivity contribution in [2.24, 2.45) is 5.92 Å². The Kier molecular flexibility index (Phi) is 4.24. The maximum Gasteiger partial charge on any atom is 0.0236 e. The first-order valence-corrected chi connectivity index (χ1v) is 8.39. The van der Waals surface area contributed by atoms with Crippen LogP contribution in [0.5, 0.6) is 0 Å². The van der Waals surface area contributed by atoms with E-state index in [1.54, 1.807) is 0 Å². The van der Waals surface area contributed by atoms with E-state index in [2.05, 4.69) is 51.8 Å². The van der Waals surface area contributed by atoms with Gasteiger partial charge in [0.25, 0.3) is 0 Å². The van der Waals surface area contributed by atoms with Crippen LogP contribution in [-0.4, -0.2) is 17.5 Å². The van der Waals surface area contributed by atoms with E-state index in [1.165, 1.54) is 54.2 Å². The van der Waals surface area contributed by atoms with Crippen molar-refractivity contribution >= 4 is 22.6 Å². The fourth-order valence-electron chi connectivity index (χ4n) is 3.75. The Bertz CT molecular complexity index is 385. The van der Waals surface area contributed by atoms with E-state index < -0.39 is 0 Å². The zero-order chi connectivity index (χ0) is 12.4. The molecule has 3 rings (SSSR count). The summed E-state index contributed by atoms with van der Waals surface area (Å²) in [5, 5.41) is 0. The molecule has 2 atom stereocenters. The average molecular weight is 355 g/mol. The standard InChI is InChI=1S/C16H22IN/c17-15-9-7-13(8-10-15)12-18-11-3-5-14-4-1-2-6-16(14)18/h7-10,14,16H,1-6,11-12H2/t14-,16-/m1/s1. The summed E-state index contributed by atoms with van der Waals surface area (Å²) < 4.78 is 1.34. The van der Waals surface area contributed by atoms with Gasteiger partial charge in [-0.25, -0.2) is 0 Å². The first kappa shape index (κ1) is 12.9. The molecule has 1 aromatic carbocycles. The van der Waals surface area contributed by atoms with E-state index in [1.807, 2.05) is 0 Å². The Hall–Kier alpha value is -0.0900. The minimum atomic E-state index is 0.881. The largest absolute Gasteiger partial charge is 0.296 e. The number of benzene rings is 1. The van der Waals surface area contributed by atoms with Gasteiger partial charge in [0.1, 0.15) is 0 Å². The van der Waals surface area contributed by atoms with Gasteiger partial charge >= 0.3 is 0 Å². The molecule has 0 radical (unpaired) electrons. The van der Waals surface area contributed by atoms with Crippen molar-refractivity contribution < 1.29 is 0 Å². The molecule has 0 spiro atoms. The minimum Gasteiger partial charge on any atom is -0.296 e. The molecule has 0 aromatic heterocycles. The number of piperidine rings is 1. The van der Waals surface area contributed by atoms with Crippen molar-refractivity contribution in [2.75, 3.05) is 6.54 Å². The molecule has 1 nitrogen and oxygen atoms in total. The molecule has 18 heavy (non-hydrogen) atoms. The van der Waals surface area contributed by atoms with Crippen molar-refractivity contribution in [1.29, 1.82) is 0 Å². The first-order chi connectivity index (χ1) is 8.83. The van der Waals surface area contributed by atoms with E-state index in [9.17, 15) is 0 Å². The van der Waals surface area contributed by atoms with Gasteiger partial charge in [-0.15, -0.1) is 0 Å². The summed E-state index contributed by atoms with van der Waals surface area (Å²) in [6, 6.07) is 9.95. The summed E-state index contributed by atoms with van der Waals surface area (Å²) in [6.07, 6.45) is 8.73. The number of nitrogens with zero attached hydrogens (tertiary/aromatic N) is 1. The highest BCUT2D eigenvalue weighted by atomic mass is 127. The van der Waals surface area contributed by atoms with E-state index in [0.29, 0.717) is 0 Å². The fourth-order valence-corrected chi connectivity index (χ4v) is 4.11. The van der Waals surface area contributed by atoms with Crippen LogP contribution in [0.15, 0.2) is 24.3 Å². The molecule has 98 valence electrons. The third-order valence-electron chi connectivity index (χ3n) is 4.66. The van der Waals surface area contributed by atoms with Gasteiger partial charge < -0.3 is 0 Å². The maximum atomic E-state index is 2.76. The molecule has 2 fully saturated rings. The lowest BCUT2D eigenvalue weighted by Crippen LogP contribution is -2.46. The third-order valence-corrected chi connectivity index (χ3v) is 5.38. The van der Waals surface area contributed by atoms with Crippen LogP contribution >= 0.6 is 22.6 Å². The van der Waals surface area contributed by atoms with Crippen LogP contribution in [0, 0.1) is 9.49 Å². The van der Waals surface area contributed by atoms with Crippen LogP contribution in [0.1, 0.15) is 44.1 Å². The lowest BCUT2D eigenvalue weighted by Gasteiger charge is -2.44. The Balaban J connectivity index is 1.69. The molecule has 2 heteroatoms. The maximum absolute atomic E-state index is 2.76. The van der Waals surface area contributed by atoms with Gasteiger partial charge in [-0.1, -0.05) is 25.0 Å². The quantitative estimate of drug-likeness (QED) is 0.709. The summed E-state index contributed by atoms with van der Waals surface area (Å²) in [6.45, 7) is 2.48. The molecule has 1 aliphatic heterocycles. The number of fused-ring (bicyclic) bond motifs is 1. The van der Waals surface area contributed by atoms with Gasteiger partial charge in [0.15, 0.2) is 0 Å². The minimum absolute atomic E-state index is 0.881. The van der Waals surface area contributed by atoms with Crippen molar-refractivity contribution in [3.05, 3.63) is 33.4 Å². The molecule has 0 amide bonds. The van der Waals surface area contributed by atoms with Crippen molar-refractivity contribution in [2.45, 2.75) is 51.1 Å². The van der Waals surface area contributed by atoms with Crippen molar-refractivity contribution in [3.63, 3.8) is 0 Å². The molecule has 1 saturated carbocycles. The second kappa shape index (κ2) is 5.91. The molecule has 1 aliphatic carbocycles. The third kappa shape index (κ3) is 2.90. The molecular weight excluding hydrogens is 333 g/mol. The normalized spacial score (nSPS) is 28.9. The lowest BCUT2D eigenvalue weighted by molar-refractivity contribution is 0.0547. The van der Waals surface area contributed by atoms with Gasteiger partial charge in [-0.05, 0) is 78.4 Å². The summed E-state index contributed by atoms with van der Waals surface area (Å²) >= 11 is 2.38. The SMILES string of the molecule is Ic1ccc(CN2CCC[C@H]3CCCC[C@H]32)cc1. The number of rotatable bonds is 2. The Morgan fingerprint density at radius 3 is 2.56 bits per heavy atom. The number of hydrogen-bond donors (Lipinski definition) is 0. The Morgan fingerprint density at radius 2 is 1.72 bits per heavy atom. The monoisotopic (exact) mass is 355 g/mol. The van der Waals surface area contributed by atoms with E-state index >= 15 is 0 Å². The molecule has 2 aliphatic rings. The summed E-state index contributed by atoms with van der Waals surface area (Å²) in [7, 11) is 0. The zero-order valence-corrected chi connectivity index (χ0v) is 13.1. The predicted molar refractivity (Wildman–Crippen MR) is 84.5 cm³/mol. The van der Waals surface area contributed by atoms with Crippen LogP contribution < -0.4 is 0 Å². The molecule has 1 saturated heterocycles. The fraction of sp³-hybridized carbons (Fsp3) is 0.625. The van der Waals surface area contributed by atoms with E-state index in [-0.39, 0.29) is 0 Å². The smallest absolute Gasteiger partial charge is 0.0236 e. The highest BCUT2D eigenvalue weighted by Crippen LogP contribution is 2.35. The topological polar surface area (TPSA) is 3.24 Å².